The van der Waals surface area contributed by atoms with Crippen LogP contribution in [0.1, 0.15) is 58.9 Å². The number of aryl methyl sites for hydroxylation is 1. The molecule has 11 nitrogen and oxygen atoms in total. The molecule has 1 saturated carbocycles. The third kappa shape index (κ3) is 6.25. The van der Waals surface area contributed by atoms with E-state index in [2.05, 4.69) is 43.2 Å². The zero-order chi connectivity index (χ0) is 30.1. The molecule has 1 N–H and O–H groups in total. The van der Waals surface area contributed by atoms with E-state index in [1.807, 2.05) is 57.0 Å². The molecule has 0 radical (unpaired) electrons. The molecule has 0 spiro atoms. The number of anilines is 3. The van der Waals surface area contributed by atoms with Crippen LogP contribution in [0.15, 0.2) is 42.9 Å². The lowest BCUT2D eigenvalue weighted by atomic mass is 9.95. The molecule has 1 aliphatic carbocycles. The second kappa shape index (κ2) is 11.8. The Morgan fingerprint density at radius 2 is 1.79 bits per heavy atom. The quantitative estimate of drug-likeness (QED) is 0.287. The Morgan fingerprint density at radius 1 is 1.02 bits per heavy atom. The molecular formula is C32H42N8O3. The topological polar surface area (TPSA) is 103 Å². The van der Waals surface area contributed by atoms with E-state index in [9.17, 15) is 4.79 Å². The summed E-state index contributed by atoms with van der Waals surface area (Å²) in [6.45, 7) is 8.30. The van der Waals surface area contributed by atoms with E-state index < -0.39 is 5.60 Å². The van der Waals surface area contributed by atoms with Crippen molar-refractivity contribution in [3.05, 3.63) is 42.9 Å². The molecule has 4 aromatic rings. The van der Waals surface area contributed by atoms with Crippen LogP contribution in [-0.4, -0.2) is 74.2 Å². The van der Waals surface area contributed by atoms with Gasteiger partial charge in [0.05, 0.1) is 24.7 Å². The number of carbonyl (C=O) groups is 1. The number of hydrogen-bond donors (Lipinski definition) is 1. The highest BCUT2D eigenvalue weighted by Gasteiger charge is 2.27. The van der Waals surface area contributed by atoms with Crippen molar-refractivity contribution in [1.29, 1.82) is 0 Å². The smallest absolute Gasteiger partial charge is 0.410 e. The van der Waals surface area contributed by atoms with Crippen LogP contribution in [0.2, 0.25) is 0 Å². The van der Waals surface area contributed by atoms with E-state index >= 15 is 0 Å². The first kappa shape index (κ1) is 28.8. The molecule has 2 fully saturated rings. The van der Waals surface area contributed by atoms with Crippen LogP contribution >= 0.6 is 0 Å². The molecule has 3 aromatic heterocycles. The molecule has 1 saturated heterocycles. The lowest BCUT2D eigenvalue weighted by Crippen LogP contribution is -2.50. The molecule has 11 heteroatoms. The minimum absolute atomic E-state index is 0.261. The first-order valence-corrected chi connectivity index (χ1v) is 15.2. The first-order chi connectivity index (χ1) is 20.7. The molecule has 2 aliphatic rings. The van der Waals surface area contributed by atoms with Crippen molar-refractivity contribution in [2.45, 2.75) is 64.5 Å². The number of nitrogens with one attached hydrogen (secondary N) is 1. The summed E-state index contributed by atoms with van der Waals surface area (Å²) in [6.07, 6.45) is 11.6. The van der Waals surface area contributed by atoms with Gasteiger partial charge in [-0.25, -0.2) is 9.78 Å². The van der Waals surface area contributed by atoms with Crippen LogP contribution in [0.4, 0.5) is 22.1 Å². The van der Waals surface area contributed by atoms with Crippen LogP contribution in [-0.2, 0) is 11.8 Å². The molecule has 6 rings (SSSR count). The number of benzene rings is 1. The summed E-state index contributed by atoms with van der Waals surface area (Å²) < 4.78 is 15.6. The van der Waals surface area contributed by atoms with Crippen LogP contribution < -0.4 is 15.0 Å². The van der Waals surface area contributed by atoms with Crippen molar-refractivity contribution in [2.75, 3.05) is 43.5 Å². The Hall–Kier alpha value is -4.28. The second-order valence-corrected chi connectivity index (χ2v) is 12.5. The summed E-state index contributed by atoms with van der Waals surface area (Å²) in [6, 6.07) is 8.67. The minimum atomic E-state index is -0.501. The predicted molar refractivity (Wildman–Crippen MR) is 168 cm³/mol. The monoisotopic (exact) mass is 586 g/mol. The molecule has 43 heavy (non-hydrogen) atoms. The molecule has 1 amide bonds. The average Bonchev–Trinajstić information content (AvgIpc) is 3.60. The number of aromatic nitrogens is 5. The number of nitrogens with zero attached hydrogens (tertiary/aromatic N) is 7. The van der Waals surface area contributed by atoms with Gasteiger partial charge in [-0.1, -0.05) is 19.3 Å². The Labute approximate surface area is 252 Å². The van der Waals surface area contributed by atoms with Crippen molar-refractivity contribution in [2.24, 2.45) is 7.05 Å². The average molecular weight is 587 g/mol. The first-order valence-electron chi connectivity index (χ1n) is 15.2. The zero-order valence-corrected chi connectivity index (χ0v) is 25.8. The molecule has 0 unspecified atom stereocenters. The fourth-order valence-corrected chi connectivity index (χ4v) is 6.13. The lowest BCUT2D eigenvalue weighted by molar-refractivity contribution is 0.0240. The van der Waals surface area contributed by atoms with Crippen molar-refractivity contribution in [3.63, 3.8) is 0 Å². The molecule has 1 aliphatic heterocycles. The third-order valence-electron chi connectivity index (χ3n) is 8.24. The van der Waals surface area contributed by atoms with Crippen LogP contribution in [0.25, 0.3) is 22.3 Å². The van der Waals surface area contributed by atoms with Gasteiger partial charge >= 0.3 is 6.09 Å². The Morgan fingerprint density at radius 3 is 2.47 bits per heavy atom. The lowest BCUT2D eigenvalue weighted by Gasteiger charge is -2.37. The van der Waals surface area contributed by atoms with Crippen molar-refractivity contribution < 1.29 is 14.3 Å². The molecule has 1 aromatic carbocycles. The highest BCUT2D eigenvalue weighted by atomic mass is 16.6. The van der Waals surface area contributed by atoms with Gasteiger partial charge in [0.25, 0.3) is 0 Å². The maximum Gasteiger partial charge on any atom is 0.410 e. The number of amides is 1. The van der Waals surface area contributed by atoms with Crippen molar-refractivity contribution in [3.8, 4) is 17.0 Å². The normalized spacial score (nSPS) is 16.5. The van der Waals surface area contributed by atoms with E-state index in [-0.39, 0.29) is 6.09 Å². The predicted octanol–water partition coefficient (Wildman–Crippen LogP) is 6.15. The number of hydrogen-bond acceptors (Lipinski definition) is 8. The van der Waals surface area contributed by atoms with Gasteiger partial charge in [0, 0.05) is 74.4 Å². The summed E-state index contributed by atoms with van der Waals surface area (Å²) in [5, 5.41) is 8.85. The molecule has 228 valence electrons. The SMILES string of the molecule is COc1cc(N2CCN(C(=O)OC(C)(C)C)CC2)ccc1Nc1ncc2cc(-c3cnn(C)c3)n(C3CCCCC3)c2n1. The Kier molecular flexibility index (Phi) is 7.89. The van der Waals surface area contributed by atoms with Crippen LogP contribution in [0.3, 0.4) is 0 Å². The molecule has 0 bridgehead atoms. The van der Waals surface area contributed by atoms with Gasteiger partial charge in [-0.3, -0.25) is 4.68 Å². The van der Waals surface area contributed by atoms with Gasteiger partial charge in [-0.15, -0.1) is 0 Å². The maximum absolute atomic E-state index is 12.5. The third-order valence-corrected chi connectivity index (χ3v) is 8.24. The summed E-state index contributed by atoms with van der Waals surface area (Å²) in [4.78, 5) is 26.2. The van der Waals surface area contributed by atoms with Gasteiger partial charge in [-0.2, -0.15) is 10.1 Å². The number of piperazine rings is 1. The van der Waals surface area contributed by atoms with Crippen LogP contribution in [0, 0.1) is 0 Å². The highest BCUT2D eigenvalue weighted by molar-refractivity contribution is 5.85. The zero-order valence-electron chi connectivity index (χ0n) is 25.8. The molecular weight excluding hydrogens is 544 g/mol. The number of rotatable bonds is 6. The molecule has 4 heterocycles. The van der Waals surface area contributed by atoms with E-state index in [0.717, 1.165) is 46.5 Å². The van der Waals surface area contributed by atoms with Gasteiger partial charge < -0.3 is 29.2 Å². The Bertz CT molecular complexity index is 1590. The van der Waals surface area contributed by atoms with E-state index in [1.165, 1.54) is 19.3 Å². The summed E-state index contributed by atoms with van der Waals surface area (Å²) in [7, 11) is 3.62. The van der Waals surface area contributed by atoms with Gasteiger partial charge in [0.15, 0.2) is 0 Å². The van der Waals surface area contributed by atoms with Crippen molar-refractivity contribution >= 4 is 34.4 Å². The fourth-order valence-electron chi connectivity index (χ4n) is 6.13. The standard InChI is InChI=1S/C32H42N8O3/c1-32(2,3)43-31(41)39-15-13-38(14-16-39)25-11-12-26(28(18-25)42-5)35-30-33-19-22-17-27(23-20-34-37(4)21-23)40(29(22)36-30)24-9-7-6-8-10-24/h11-12,17-21,24H,6-10,13-16H2,1-5H3,(H,33,35,36). The van der Waals surface area contributed by atoms with E-state index in [0.29, 0.717) is 43.9 Å². The highest BCUT2D eigenvalue weighted by Crippen LogP contribution is 2.38. The summed E-state index contributed by atoms with van der Waals surface area (Å²) in [5.74, 6) is 1.23. The van der Waals surface area contributed by atoms with Gasteiger partial charge in [0.1, 0.15) is 17.0 Å². The maximum atomic E-state index is 12.5. The van der Waals surface area contributed by atoms with Gasteiger partial charge in [0.2, 0.25) is 5.95 Å². The number of carbonyl (C=O) groups excluding carboxylic acids is 1. The summed E-state index contributed by atoms with van der Waals surface area (Å²) >= 11 is 0. The van der Waals surface area contributed by atoms with Gasteiger partial charge in [-0.05, 0) is 51.8 Å². The summed E-state index contributed by atoms with van der Waals surface area (Å²) in [5.41, 5.74) is 4.48. The number of ether oxygens (including phenoxy) is 2. The second-order valence-electron chi connectivity index (χ2n) is 12.5. The van der Waals surface area contributed by atoms with E-state index in [1.54, 1.807) is 12.0 Å². The van der Waals surface area contributed by atoms with E-state index in [4.69, 9.17) is 14.5 Å². The number of methoxy groups -OCH3 is 1. The van der Waals surface area contributed by atoms with Crippen molar-refractivity contribution in [1.82, 2.24) is 29.2 Å². The number of fused-ring (bicyclic) bond motifs is 1. The Balaban J connectivity index is 1.22. The fraction of sp³-hybridized carbons (Fsp3) is 0.500. The minimum Gasteiger partial charge on any atom is -0.494 e. The molecule has 0 atom stereocenters. The van der Waals surface area contributed by atoms with Crippen LogP contribution in [0.5, 0.6) is 5.75 Å². The largest absolute Gasteiger partial charge is 0.494 e.